The molecule has 2 rings (SSSR count). The molecule has 0 fully saturated rings. The quantitative estimate of drug-likeness (QED) is 0.387. The van der Waals surface area contributed by atoms with Crippen molar-refractivity contribution >= 4 is 40.5 Å². The molecule has 0 saturated carbocycles. The van der Waals surface area contributed by atoms with Gasteiger partial charge >= 0.3 is 0 Å². The predicted octanol–water partition coefficient (Wildman–Crippen LogP) is 5.96. The maximum absolute atomic E-state index is 13.2. The second-order valence-corrected chi connectivity index (χ2v) is 7.14. The summed E-state index contributed by atoms with van der Waals surface area (Å²) in [7, 11) is 0. The van der Waals surface area contributed by atoms with Crippen molar-refractivity contribution in [2.45, 2.75) is 39.0 Å². The zero-order valence-corrected chi connectivity index (χ0v) is 17.3. The van der Waals surface area contributed by atoms with Crippen molar-refractivity contribution in [1.29, 1.82) is 0 Å². The molecule has 0 aromatic heterocycles. The highest BCUT2D eigenvalue weighted by Gasteiger charge is 2.09. The molecule has 4 nitrogen and oxygen atoms in total. The SMILES string of the molecule is CCCCCCCOc1ccc(C(=O)NC(=S)Nc2ccc(F)c(Cl)c2)cc1. The van der Waals surface area contributed by atoms with Gasteiger partial charge in [-0.05, 0) is 61.1 Å². The van der Waals surface area contributed by atoms with Crippen LogP contribution in [0, 0.1) is 5.82 Å². The van der Waals surface area contributed by atoms with Gasteiger partial charge in [0.1, 0.15) is 11.6 Å². The van der Waals surface area contributed by atoms with Crippen LogP contribution in [-0.2, 0) is 0 Å². The van der Waals surface area contributed by atoms with E-state index in [0.717, 1.165) is 18.6 Å². The maximum atomic E-state index is 13.2. The van der Waals surface area contributed by atoms with Gasteiger partial charge in [0.05, 0.1) is 11.6 Å². The Kier molecular flexibility index (Phi) is 9.17. The van der Waals surface area contributed by atoms with Crippen molar-refractivity contribution in [3.8, 4) is 5.75 Å². The van der Waals surface area contributed by atoms with Crippen LogP contribution >= 0.6 is 23.8 Å². The third-order valence-corrected chi connectivity index (χ3v) is 4.53. The molecule has 0 unspecified atom stereocenters. The van der Waals surface area contributed by atoms with E-state index in [1.165, 1.54) is 37.5 Å². The first-order chi connectivity index (χ1) is 13.5. The minimum atomic E-state index is -0.523. The van der Waals surface area contributed by atoms with E-state index in [1.54, 1.807) is 24.3 Å². The fraction of sp³-hybridized carbons (Fsp3) is 0.333. The minimum Gasteiger partial charge on any atom is -0.494 e. The summed E-state index contributed by atoms with van der Waals surface area (Å²) in [5, 5.41) is 5.44. The van der Waals surface area contributed by atoms with Crippen molar-refractivity contribution < 1.29 is 13.9 Å². The molecule has 0 heterocycles. The normalized spacial score (nSPS) is 10.4. The number of benzene rings is 2. The molecule has 0 spiro atoms. The van der Waals surface area contributed by atoms with E-state index >= 15 is 0 Å². The zero-order chi connectivity index (χ0) is 20.4. The van der Waals surface area contributed by atoms with E-state index in [-0.39, 0.29) is 16.0 Å². The number of amides is 1. The van der Waals surface area contributed by atoms with Crippen molar-refractivity contribution in [2.75, 3.05) is 11.9 Å². The number of hydrogen-bond donors (Lipinski definition) is 2. The second kappa shape index (κ2) is 11.6. The van der Waals surface area contributed by atoms with E-state index in [9.17, 15) is 9.18 Å². The maximum Gasteiger partial charge on any atom is 0.257 e. The summed E-state index contributed by atoms with van der Waals surface area (Å²) in [4.78, 5) is 12.3. The molecule has 0 saturated heterocycles. The van der Waals surface area contributed by atoms with E-state index in [1.807, 2.05) is 0 Å². The van der Waals surface area contributed by atoms with E-state index in [0.29, 0.717) is 17.9 Å². The number of rotatable bonds is 9. The van der Waals surface area contributed by atoms with Gasteiger partial charge in [0, 0.05) is 11.3 Å². The molecule has 150 valence electrons. The predicted molar refractivity (Wildman–Crippen MR) is 116 cm³/mol. The first-order valence-corrected chi connectivity index (χ1v) is 10.1. The molecule has 1 amide bonds. The van der Waals surface area contributed by atoms with Crippen LogP contribution in [0.4, 0.5) is 10.1 Å². The van der Waals surface area contributed by atoms with Crippen LogP contribution in [0.25, 0.3) is 0 Å². The highest BCUT2D eigenvalue weighted by Crippen LogP contribution is 2.19. The molecule has 0 radical (unpaired) electrons. The Bertz CT molecular complexity index is 799. The smallest absolute Gasteiger partial charge is 0.257 e. The summed E-state index contributed by atoms with van der Waals surface area (Å²) in [5.74, 6) is -0.143. The van der Waals surface area contributed by atoms with E-state index in [4.69, 9.17) is 28.6 Å². The van der Waals surface area contributed by atoms with Gasteiger partial charge in [0.2, 0.25) is 0 Å². The highest BCUT2D eigenvalue weighted by molar-refractivity contribution is 7.80. The molecule has 2 aromatic carbocycles. The Morgan fingerprint density at radius 3 is 2.50 bits per heavy atom. The fourth-order valence-electron chi connectivity index (χ4n) is 2.51. The number of nitrogens with one attached hydrogen (secondary N) is 2. The molecule has 0 aliphatic carbocycles. The molecule has 0 bridgehead atoms. The van der Waals surface area contributed by atoms with Gasteiger partial charge in [-0.15, -0.1) is 0 Å². The molecule has 2 aromatic rings. The van der Waals surface area contributed by atoms with Gasteiger partial charge in [-0.2, -0.15) is 0 Å². The molecular weight excluding hydrogens is 399 g/mol. The number of anilines is 1. The largest absolute Gasteiger partial charge is 0.494 e. The lowest BCUT2D eigenvalue weighted by Gasteiger charge is -2.11. The lowest BCUT2D eigenvalue weighted by atomic mass is 10.2. The van der Waals surface area contributed by atoms with Gasteiger partial charge in [-0.3, -0.25) is 10.1 Å². The Balaban J connectivity index is 1.78. The Morgan fingerprint density at radius 1 is 1.11 bits per heavy atom. The van der Waals surface area contributed by atoms with E-state index < -0.39 is 5.82 Å². The minimum absolute atomic E-state index is 0.0277. The van der Waals surface area contributed by atoms with Crippen molar-refractivity contribution in [1.82, 2.24) is 5.32 Å². The summed E-state index contributed by atoms with van der Waals surface area (Å²) in [6.45, 7) is 2.86. The zero-order valence-electron chi connectivity index (χ0n) is 15.8. The van der Waals surface area contributed by atoms with Crippen LogP contribution in [0.5, 0.6) is 5.75 Å². The second-order valence-electron chi connectivity index (χ2n) is 6.32. The fourth-order valence-corrected chi connectivity index (χ4v) is 2.90. The third kappa shape index (κ3) is 7.44. The summed E-state index contributed by atoms with van der Waals surface area (Å²) >= 11 is 10.8. The topological polar surface area (TPSA) is 50.4 Å². The van der Waals surface area contributed by atoms with Gasteiger partial charge in [-0.25, -0.2) is 4.39 Å². The van der Waals surface area contributed by atoms with Gasteiger partial charge in [-0.1, -0.05) is 44.2 Å². The van der Waals surface area contributed by atoms with Gasteiger partial charge in [0.15, 0.2) is 5.11 Å². The summed E-state index contributed by atoms with van der Waals surface area (Å²) < 4.78 is 18.9. The number of halogens is 2. The van der Waals surface area contributed by atoms with Gasteiger partial charge in [0.25, 0.3) is 5.91 Å². The number of ether oxygens (including phenoxy) is 1. The summed E-state index contributed by atoms with van der Waals surface area (Å²) in [5.41, 5.74) is 0.941. The Hall–Kier alpha value is -2.18. The number of hydrogen-bond acceptors (Lipinski definition) is 3. The molecule has 0 aliphatic rings. The highest BCUT2D eigenvalue weighted by atomic mass is 35.5. The standard InChI is InChI=1S/C21H24ClFN2O2S/c1-2-3-4-5-6-13-27-17-10-7-15(8-11-17)20(26)25-21(28)24-16-9-12-19(23)18(22)14-16/h7-12,14H,2-6,13H2,1H3,(H2,24,25,26,28). The molecule has 0 aliphatic heterocycles. The third-order valence-electron chi connectivity index (χ3n) is 4.04. The molecule has 0 atom stereocenters. The van der Waals surface area contributed by atoms with Gasteiger partial charge < -0.3 is 10.1 Å². The van der Waals surface area contributed by atoms with Crippen molar-refractivity contribution in [2.24, 2.45) is 0 Å². The lowest BCUT2D eigenvalue weighted by molar-refractivity contribution is 0.0977. The first kappa shape index (κ1) is 22.1. The summed E-state index contributed by atoms with van der Waals surface area (Å²) in [6, 6.07) is 11.0. The first-order valence-electron chi connectivity index (χ1n) is 9.30. The van der Waals surface area contributed by atoms with Crippen LogP contribution in [0.2, 0.25) is 5.02 Å². The number of thiocarbonyl (C=S) groups is 1. The van der Waals surface area contributed by atoms with Crippen molar-refractivity contribution in [3.63, 3.8) is 0 Å². The van der Waals surface area contributed by atoms with Crippen LogP contribution in [0.3, 0.4) is 0 Å². The lowest BCUT2D eigenvalue weighted by Crippen LogP contribution is -2.34. The Morgan fingerprint density at radius 2 is 1.82 bits per heavy atom. The number of carbonyl (C=O) groups excluding carboxylic acids is 1. The van der Waals surface area contributed by atoms with Crippen LogP contribution < -0.4 is 15.4 Å². The molecular formula is C21H24ClFN2O2S. The summed E-state index contributed by atoms with van der Waals surface area (Å²) in [6.07, 6.45) is 5.90. The van der Waals surface area contributed by atoms with Crippen LogP contribution in [-0.4, -0.2) is 17.6 Å². The average molecular weight is 423 g/mol. The van der Waals surface area contributed by atoms with Crippen LogP contribution in [0.15, 0.2) is 42.5 Å². The molecule has 7 heteroatoms. The monoisotopic (exact) mass is 422 g/mol. The number of unbranched alkanes of at least 4 members (excludes halogenated alkanes) is 4. The van der Waals surface area contributed by atoms with E-state index in [2.05, 4.69) is 17.6 Å². The Labute approximate surface area is 175 Å². The molecule has 28 heavy (non-hydrogen) atoms. The average Bonchev–Trinajstić information content (AvgIpc) is 2.68. The van der Waals surface area contributed by atoms with Crippen LogP contribution in [0.1, 0.15) is 49.4 Å². The number of carbonyl (C=O) groups is 1. The molecule has 2 N–H and O–H groups in total. The van der Waals surface area contributed by atoms with Crippen molar-refractivity contribution in [3.05, 3.63) is 58.9 Å².